The van der Waals surface area contributed by atoms with Gasteiger partial charge in [0.15, 0.2) is 0 Å². The van der Waals surface area contributed by atoms with Gasteiger partial charge in [0.05, 0.1) is 0 Å². The number of nitrogens with one attached hydrogen (secondary N) is 1. The molecule has 2 aliphatic carbocycles. The van der Waals surface area contributed by atoms with E-state index in [-0.39, 0.29) is 5.82 Å². The molecule has 3 rings (SSSR count). The van der Waals surface area contributed by atoms with Gasteiger partial charge in [-0.05, 0) is 68.2 Å². The molecular formula is C17H24FN. The van der Waals surface area contributed by atoms with Crippen LogP contribution in [0.5, 0.6) is 0 Å². The Morgan fingerprint density at radius 2 is 1.84 bits per heavy atom. The molecule has 0 heterocycles. The average Bonchev–Trinajstić information content (AvgIpc) is 3.22. The van der Waals surface area contributed by atoms with E-state index in [1.807, 2.05) is 6.07 Å². The molecule has 2 heteroatoms. The molecule has 0 radical (unpaired) electrons. The Morgan fingerprint density at radius 1 is 1.05 bits per heavy atom. The molecule has 0 aromatic heterocycles. The highest BCUT2D eigenvalue weighted by Crippen LogP contribution is 2.33. The predicted octanol–water partition coefficient (Wildman–Crippen LogP) is 3.93. The summed E-state index contributed by atoms with van der Waals surface area (Å²) in [6.07, 6.45) is 9.15. The lowest BCUT2D eigenvalue weighted by atomic mass is 9.76. The second kappa shape index (κ2) is 6.04. The van der Waals surface area contributed by atoms with Gasteiger partial charge in [-0.1, -0.05) is 25.0 Å². The lowest BCUT2D eigenvalue weighted by Gasteiger charge is -2.32. The minimum absolute atomic E-state index is 0.0963. The summed E-state index contributed by atoms with van der Waals surface area (Å²) in [5, 5.41) is 3.68. The summed E-state index contributed by atoms with van der Waals surface area (Å²) >= 11 is 0. The molecule has 0 bridgehead atoms. The fourth-order valence-corrected chi connectivity index (χ4v) is 3.39. The average molecular weight is 261 g/mol. The van der Waals surface area contributed by atoms with Gasteiger partial charge in [0.1, 0.15) is 5.82 Å². The number of rotatable bonds is 5. The van der Waals surface area contributed by atoms with Gasteiger partial charge in [0.2, 0.25) is 0 Å². The lowest BCUT2D eigenvalue weighted by Crippen LogP contribution is -2.32. The van der Waals surface area contributed by atoms with Gasteiger partial charge < -0.3 is 5.32 Å². The second-order valence-electron chi connectivity index (χ2n) is 6.32. The quantitative estimate of drug-likeness (QED) is 0.847. The van der Waals surface area contributed by atoms with Gasteiger partial charge >= 0.3 is 0 Å². The van der Waals surface area contributed by atoms with Gasteiger partial charge in [-0.3, -0.25) is 0 Å². The Bertz CT molecular complexity index is 413. The van der Waals surface area contributed by atoms with Crippen molar-refractivity contribution in [1.82, 2.24) is 5.32 Å². The van der Waals surface area contributed by atoms with Crippen molar-refractivity contribution in [3.05, 3.63) is 35.6 Å². The summed E-state index contributed by atoms with van der Waals surface area (Å²) in [5.74, 6) is 1.43. The number of hydrogen-bond acceptors (Lipinski definition) is 1. The zero-order valence-corrected chi connectivity index (χ0v) is 11.6. The minimum atomic E-state index is -0.0963. The van der Waals surface area contributed by atoms with Crippen LogP contribution in [-0.4, -0.2) is 12.6 Å². The Morgan fingerprint density at radius 3 is 2.58 bits per heavy atom. The zero-order chi connectivity index (χ0) is 13.1. The van der Waals surface area contributed by atoms with Crippen molar-refractivity contribution in [2.45, 2.75) is 51.0 Å². The Labute approximate surface area is 115 Å². The van der Waals surface area contributed by atoms with Gasteiger partial charge in [-0.2, -0.15) is 0 Å². The van der Waals surface area contributed by atoms with Crippen LogP contribution in [0.4, 0.5) is 4.39 Å². The number of hydrogen-bond donors (Lipinski definition) is 1. The van der Waals surface area contributed by atoms with Crippen molar-refractivity contribution in [2.24, 2.45) is 11.8 Å². The van der Waals surface area contributed by atoms with Crippen LogP contribution in [0.15, 0.2) is 24.3 Å². The van der Waals surface area contributed by atoms with Crippen molar-refractivity contribution >= 4 is 0 Å². The summed E-state index contributed by atoms with van der Waals surface area (Å²) in [4.78, 5) is 0. The first kappa shape index (κ1) is 13.1. The maximum atomic E-state index is 13.3. The molecule has 1 aromatic carbocycles. The van der Waals surface area contributed by atoms with Crippen LogP contribution < -0.4 is 5.32 Å². The van der Waals surface area contributed by atoms with E-state index in [1.54, 1.807) is 6.07 Å². The molecular weight excluding hydrogens is 237 g/mol. The van der Waals surface area contributed by atoms with Crippen LogP contribution >= 0.6 is 0 Å². The smallest absolute Gasteiger partial charge is 0.123 e. The topological polar surface area (TPSA) is 12.0 Å². The molecule has 0 aliphatic heterocycles. The van der Waals surface area contributed by atoms with Crippen molar-refractivity contribution in [3.63, 3.8) is 0 Å². The summed E-state index contributed by atoms with van der Waals surface area (Å²) in [7, 11) is 0. The first-order chi connectivity index (χ1) is 9.31. The molecule has 1 N–H and O–H groups in total. The maximum absolute atomic E-state index is 13.3. The fraction of sp³-hybridized carbons (Fsp3) is 0.647. The van der Waals surface area contributed by atoms with Crippen molar-refractivity contribution in [3.8, 4) is 0 Å². The highest BCUT2D eigenvalue weighted by molar-refractivity contribution is 5.17. The summed E-state index contributed by atoms with van der Waals surface area (Å²) in [6.45, 7) is 1.17. The van der Waals surface area contributed by atoms with Gasteiger partial charge in [-0.25, -0.2) is 4.39 Å². The van der Waals surface area contributed by atoms with E-state index in [0.29, 0.717) is 0 Å². The van der Waals surface area contributed by atoms with Gasteiger partial charge in [0.25, 0.3) is 0 Å². The SMILES string of the molecule is Fc1cccc(CC2CCCCC2CNC2CC2)c1. The van der Waals surface area contributed by atoms with Crippen LogP contribution in [0.3, 0.4) is 0 Å². The highest BCUT2D eigenvalue weighted by atomic mass is 19.1. The minimum Gasteiger partial charge on any atom is -0.314 e. The molecule has 0 amide bonds. The van der Waals surface area contributed by atoms with Crippen LogP contribution in [-0.2, 0) is 6.42 Å². The lowest BCUT2D eigenvalue weighted by molar-refractivity contribution is 0.228. The van der Waals surface area contributed by atoms with Crippen molar-refractivity contribution in [1.29, 1.82) is 0 Å². The maximum Gasteiger partial charge on any atom is 0.123 e. The molecule has 104 valence electrons. The van der Waals surface area contributed by atoms with E-state index in [1.165, 1.54) is 56.7 Å². The Balaban J connectivity index is 1.59. The third-order valence-corrected chi connectivity index (χ3v) is 4.70. The Hall–Kier alpha value is -0.890. The molecule has 2 fully saturated rings. The zero-order valence-electron chi connectivity index (χ0n) is 11.6. The number of benzene rings is 1. The summed E-state index contributed by atoms with van der Waals surface area (Å²) in [6, 6.07) is 7.96. The normalized spacial score (nSPS) is 27.4. The fourth-order valence-electron chi connectivity index (χ4n) is 3.39. The molecule has 2 saturated carbocycles. The Kier molecular flexibility index (Phi) is 4.17. The molecule has 2 aliphatic rings. The third kappa shape index (κ3) is 3.79. The molecule has 1 aromatic rings. The summed E-state index contributed by atoms with van der Waals surface area (Å²) < 4.78 is 13.3. The largest absolute Gasteiger partial charge is 0.314 e. The van der Waals surface area contributed by atoms with E-state index >= 15 is 0 Å². The predicted molar refractivity (Wildman–Crippen MR) is 76.6 cm³/mol. The first-order valence-electron chi connectivity index (χ1n) is 7.79. The van der Waals surface area contributed by atoms with Crippen LogP contribution in [0.2, 0.25) is 0 Å². The van der Waals surface area contributed by atoms with E-state index in [4.69, 9.17) is 0 Å². The molecule has 1 nitrogen and oxygen atoms in total. The van der Waals surface area contributed by atoms with Crippen LogP contribution in [0.25, 0.3) is 0 Å². The standard InChI is InChI=1S/C17H24FN/c18-16-7-3-4-13(11-16)10-14-5-1-2-6-15(14)12-19-17-8-9-17/h3-4,7,11,14-15,17,19H,1-2,5-6,8-10,12H2. The van der Waals surface area contributed by atoms with Gasteiger partial charge in [0, 0.05) is 6.04 Å². The van der Waals surface area contributed by atoms with E-state index < -0.39 is 0 Å². The highest BCUT2D eigenvalue weighted by Gasteiger charge is 2.28. The third-order valence-electron chi connectivity index (χ3n) is 4.70. The van der Waals surface area contributed by atoms with E-state index in [9.17, 15) is 4.39 Å². The first-order valence-corrected chi connectivity index (χ1v) is 7.79. The molecule has 0 spiro atoms. The van der Waals surface area contributed by atoms with E-state index in [2.05, 4.69) is 11.4 Å². The molecule has 2 unspecified atom stereocenters. The van der Waals surface area contributed by atoms with Crippen LogP contribution in [0, 0.1) is 17.7 Å². The monoisotopic (exact) mass is 261 g/mol. The molecule has 0 saturated heterocycles. The molecule has 19 heavy (non-hydrogen) atoms. The van der Waals surface area contributed by atoms with Gasteiger partial charge in [-0.15, -0.1) is 0 Å². The van der Waals surface area contributed by atoms with Crippen molar-refractivity contribution < 1.29 is 4.39 Å². The van der Waals surface area contributed by atoms with E-state index in [0.717, 1.165) is 24.3 Å². The second-order valence-corrected chi connectivity index (χ2v) is 6.32. The summed E-state index contributed by atoms with van der Waals surface area (Å²) in [5.41, 5.74) is 1.17. The number of halogens is 1. The molecule has 2 atom stereocenters. The van der Waals surface area contributed by atoms with Crippen molar-refractivity contribution in [2.75, 3.05) is 6.54 Å². The van der Waals surface area contributed by atoms with Crippen LogP contribution in [0.1, 0.15) is 44.1 Å².